The number of hydrogen-bond donors (Lipinski definition) is 2. The second kappa shape index (κ2) is 4.41. The molecule has 3 rings (SSSR count). The second-order valence-corrected chi connectivity index (χ2v) is 5.53. The highest BCUT2D eigenvalue weighted by Crippen LogP contribution is 2.30. The monoisotopic (exact) mass is 261 g/mol. The molecular weight excluding hydrogens is 246 g/mol. The molecule has 1 heterocycles. The maximum atomic E-state index is 6.22. The van der Waals surface area contributed by atoms with E-state index in [0.717, 1.165) is 36.0 Å². The average Bonchev–Trinajstić information content (AvgIpc) is 2.33. The van der Waals surface area contributed by atoms with Crippen LogP contribution in [-0.2, 0) is 0 Å². The smallest absolute Gasteiger partial charge is 0.0737 e. The molecule has 0 saturated heterocycles. The summed E-state index contributed by atoms with van der Waals surface area (Å²) in [5.74, 6) is 0. The Morgan fingerprint density at radius 1 is 1.33 bits per heavy atom. The van der Waals surface area contributed by atoms with Gasteiger partial charge in [-0.3, -0.25) is 4.98 Å². The number of anilines is 1. The molecule has 1 aliphatic carbocycles. The van der Waals surface area contributed by atoms with Gasteiger partial charge in [0.25, 0.3) is 0 Å². The molecule has 18 heavy (non-hydrogen) atoms. The van der Waals surface area contributed by atoms with Crippen molar-refractivity contribution in [3.8, 4) is 0 Å². The van der Waals surface area contributed by atoms with Crippen molar-refractivity contribution in [2.24, 2.45) is 5.73 Å². The summed E-state index contributed by atoms with van der Waals surface area (Å²) in [5, 5.41) is 5.24. The second-order valence-electron chi connectivity index (χ2n) is 5.09. The predicted octanol–water partition coefficient (Wildman–Crippen LogP) is 3.18. The molecule has 1 aromatic heterocycles. The molecule has 1 fully saturated rings. The van der Waals surface area contributed by atoms with Gasteiger partial charge in [0.2, 0.25) is 0 Å². The first-order valence-electron chi connectivity index (χ1n) is 6.23. The summed E-state index contributed by atoms with van der Waals surface area (Å²) in [6, 6.07) is 7.75. The minimum atomic E-state index is -0.0258. The Morgan fingerprint density at radius 2 is 2.17 bits per heavy atom. The number of hydrogen-bond acceptors (Lipinski definition) is 3. The maximum Gasteiger partial charge on any atom is 0.0737 e. The number of rotatable bonds is 3. The lowest BCUT2D eigenvalue weighted by atomic mass is 9.78. The van der Waals surface area contributed by atoms with Crippen LogP contribution in [0.25, 0.3) is 10.9 Å². The number of halogens is 1. The zero-order chi connectivity index (χ0) is 12.6. The maximum absolute atomic E-state index is 6.22. The van der Waals surface area contributed by atoms with E-state index < -0.39 is 0 Å². The molecule has 0 radical (unpaired) electrons. The standard InChI is InChI=1S/C14H16ClN3/c15-10-2-3-11-12(4-7-17-13(11)8-10)18-9-14(16)5-1-6-14/h2-4,7-8H,1,5-6,9,16H2,(H,17,18). The first-order chi connectivity index (χ1) is 8.66. The Morgan fingerprint density at radius 3 is 2.89 bits per heavy atom. The SMILES string of the molecule is NC1(CNc2ccnc3cc(Cl)ccc23)CCC1. The van der Waals surface area contributed by atoms with Crippen molar-refractivity contribution in [2.75, 3.05) is 11.9 Å². The summed E-state index contributed by atoms with van der Waals surface area (Å²) >= 11 is 5.97. The molecular formula is C14H16ClN3. The van der Waals surface area contributed by atoms with Crippen LogP contribution in [0.5, 0.6) is 0 Å². The molecule has 1 aliphatic rings. The number of nitrogens with two attached hydrogens (primary N) is 1. The van der Waals surface area contributed by atoms with Crippen molar-refractivity contribution >= 4 is 28.2 Å². The summed E-state index contributed by atoms with van der Waals surface area (Å²) in [4.78, 5) is 4.33. The van der Waals surface area contributed by atoms with Gasteiger partial charge in [0, 0.05) is 34.4 Å². The number of aromatic nitrogens is 1. The molecule has 0 amide bonds. The summed E-state index contributed by atoms with van der Waals surface area (Å²) in [6.07, 6.45) is 5.25. The lowest BCUT2D eigenvalue weighted by Crippen LogP contribution is -2.51. The van der Waals surface area contributed by atoms with E-state index in [1.807, 2.05) is 24.3 Å². The molecule has 0 aliphatic heterocycles. The summed E-state index contributed by atoms with van der Waals surface area (Å²) < 4.78 is 0. The van der Waals surface area contributed by atoms with Gasteiger partial charge in [0.15, 0.2) is 0 Å². The molecule has 0 unspecified atom stereocenters. The van der Waals surface area contributed by atoms with Crippen molar-refractivity contribution in [3.05, 3.63) is 35.5 Å². The molecule has 0 atom stereocenters. The Balaban J connectivity index is 1.87. The normalized spacial score (nSPS) is 17.4. The van der Waals surface area contributed by atoms with Crippen LogP contribution in [-0.4, -0.2) is 17.1 Å². The van der Waals surface area contributed by atoms with Gasteiger partial charge in [-0.2, -0.15) is 0 Å². The van der Waals surface area contributed by atoms with E-state index in [1.54, 1.807) is 6.20 Å². The molecule has 4 heteroatoms. The fourth-order valence-electron chi connectivity index (χ4n) is 2.35. The summed E-state index contributed by atoms with van der Waals surface area (Å²) in [6.45, 7) is 0.814. The molecule has 0 spiro atoms. The van der Waals surface area contributed by atoms with Crippen LogP contribution in [0.1, 0.15) is 19.3 Å². The molecule has 0 bridgehead atoms. The van der Waals surface area contributed by atoms with E-state index in [4.69, 9.17) is 17.3 Å². The molecule has 3 nitrogen and oxygen atoms in total. The van der Waals surface area contributed by atoms with Gasteiger partial charge in [-0.15, -0.1) is 0 Å². The van der Waals surface area contributed by atoms with Crippen molar-refractivity contribution in [2.45, 2.75) is 24.8 Å². The van der Waals surface area contributed by atoms with Gasteiger partial charge in [-0.1, -0.05) is 11.6 Å². The van der Waals surface area contributed by atoms with Gasteiger partial charge in [-0.05, 0) is 43.5 Å². The molecule has 1 saturated carbocycles. The van der Waals surface area contributed by atoms with Crippen LogP contribution < -0.4 is 11.1 Å². The zero-order valence-corrected chi connectivity index (χ0v) is 10.9. The Kier molecular flexibility index (Phi) is 2.88. The van der Waals surface area contributed by atoms with E-state index in [1.165, 1.54) is 6.42 Å². The van der Waals surface area contributed by atoms with Crippen LogP contribution in [0.4, 0.5) is 5.69 Å². The predicted molar refractivity (Wildman–Crippen MR) is 76.0 cm³/mol. The number of fused-ring (bicyclic) bond motifs is 1. The first kappa shape index (κ1) is 11.8. The number of nitrogens with one attached hydrogen (secondary N) is 1. The fraction of sp³-hybridized carbons (Fsp3) is 0.357. The molecule has 1 aromatic carbocycles. The first-order valence-corrected chi connectivity index (χ1v) is 6.61. The minimum Gasteiger partial charge on any atom is -0.383 e. The molecule has 94 valence electrons. The third-order valence-corrected chi connectivity index (χ3v) is 3.92. The largest absolute Gasteiger partial charge is 0.383 e. The van der Waals surface area contributed by atoms with Crippen molar-refractivity contribution in [1.29, 1.82) is 0 Å². The van der Waals surface area contributed by atoms with Crippen LogP contribution in [0.2, 0.25) is 5.02 Å². The highest BCUT2D eigenvalue weighted by Gasteiger charge is 2.32. The van der Waals surface area contributed by atoms with E-state index in [0.29, 0.717) is 5.02 Å². The fourth-order valence-corrected chi connectivity index (χ4v) is 2.52. The number of pyridine rings is 1. The summed E-state index contributed by atoms with van der Waals surface area (Å²) in [7, 11) is 0. The lowest BCUT2D eigenvalue weighted by Gasteiger charge is -2.38. The van der Waals surface area contributed by atoms with Crippen LogP contribution in [0.3, 0.4) is 0 Å². The van der Waals surface area contributed by atoms with Crippen LogP contribution in [0, 0.1) is 0 Å². The minimum absolute atomic E-state index is 0.0258. The number of benzene rings is 1. The third kappa shape index (κ3) is 2.16. The van der Waals surface area contributed by atoms with Crippen molar-refractivity contribution in [1.82, 2.24) is 4.98 Å². The quantitative estimate of drug-likeness (QED) is 0.892. The van der Waals surface area contributed by atoms with Crippen LogP contribution in [0.15, 0.2) is 30.5 Å². The van der Waals surface area contributed by atoms with Crippen molar-refractivity contribution in [3.63, 3.8) is 0 Å². The van der Waals surface area contributed by atoms with E-state index >= 15 is 0 Å². The van der Waals surface area contributed by atoms with E-state index in [2.05, 4.69) is 10.3 Å². The van der Waals surface area contributed by atoms with Gasteiger partial charge in [0.05, 0.1) is 5.52 Å². The third-order valence-electron chi connectivity index (χ3n) is 3.69. The average molecular weight is 262 g/mol. The van der Waals surface area contributed by atoms with Crippen LogP contribution >= 0.6 is 11.6 Å². The Bertz CT molecular complexity index is 578. The van der Waals surface area contributed by atoms with Crippen molar-refractivity contribution < 1.29 is 0 Å². The zero-order valence-electron chi connectivity index (χ0n) is 10.1. The summed E-state index contributed by atoms with van der Waals surface area (Å²) in [5.41, 5.74) is 8.18. The van der Waals surface area contributed by atoms with Gasteiger partial charge >= 0.3 is 0 Å². The van der Waals surface area contributed by atoms with E-state index in [9.17, 15) is 0 Å². The van der Waals surface area contributed by atoms with Gasteiger partial charge < -0.3 is 11.1 Å². The van der Waals surface area contributed by atoms with Gasteiger partial charge in [0.1, 0.15) is 0 Å². The topological polar surface area (TPSA) is 50.9 Å². The highest BCUT2D eigenvalue weighted by atomic mass is 35.5. The van der Waals surface area contributed by atoms with Gasteiger partial charge in [-0.25, -0.2) is 0 Å². The Hall–Kier alpha value is -1.32. The lowest BCUT2D eigenvalue weighted by molar-refractivity contribution is 0.265. The van der Waals surface area contributed by atoms with E-state index in [-0.39, 0.29) is 5.54 Å². The molecule has 2 aromatic rings. The molecule has 3 N–H and O–H groups in total. The Labute approximate surface area is 111 Å². The highest BCUT2D eigenvalue weighted by molar-refractivity contribution is 6.31. The number of nitrogens with zero attached hydrogens (tertiary/aromatic N) is 1.